The van der Waals surface area contributed by atoms with Gasteiger partial charge in [0.25, 0.3) is 11.8 Å². The first kappa shape index (κ1) is 19.7. The number of fused-ring (bicyclic) bond motifs is 5. The summed E-state index contributed by atoms with van der Waals surface area (Å²) in [5, 5.41) is 14.5. The topological polar surface area (TPSA) is 82.8 Å². The highest BCUT2D eigenvalue weighted by Gasteiger charge is 2.59. The van der Waals surface area contributed by atoms with Crippen molar-refractivity contribution >= 4 is 34.0 Å². The number of hydrogen-bond acceptors (Lipinski definition) is 5. The summed E-state index contributed by atoms with van der Waals surface area (Å²) in [6.45, 7) is 0.215. The lowest BCUT2D eigenvalue weighted by Crippen LogP contribution is -2.28. The lowest BCUT2D eigenvalue weighted by molar-refractivity contribution is -0.140. The van der Waals surface area contributed by atoms with Crippen molar-refractivity contribution in [2.24, 2.45) is 28.8 Å². The van der Waals surface area contributed by atoms with Crippen molar-refractivity contribution in [3.05, 3.63) is 75.8 Å². The molecule has 6 nitrogen and oxygen atoms in total. The minimum atomic E-state index is -0.277. The van der Waals surface area contributed by atoms with E-state index in [-0.39, 0.29) is 42.1 Å². The summed E-state index contributed by atoms with van der Waals surface area (Å²) in [5.41, 5.74) is 1.96. The fourth-order valence-corrected chi connectivity index (χ4v) is 5.16. The Bertz CT molecular complexity index is 1150. The van der Waals surface area contributed by atoms with Gasteiger partial charge in [-0.25, -0.2) is 0 Å². The first-order valence-electron chi connectivity index (χ1n) is 10.1. The van der Waals surface area contributed by atoms with Crippen molar-refractivity contribution in [1.82, 2.24) is 5.01 Å². The molecule has 0 spiro atoms. The molecule has 2 fully saturated rings. The van der Waals surface area contributed by atoms with Crippen LogP contribution < -0.4 is 4.74 Å². The number of halogens is 1. The number of nitriles is 1. The van der Waals surface area contributed by atoms with Gasteiger partial charge >= 0.3 is 0 Å². The number of nitrogens with zero attached hydrogens (tertiary/aromatic N) is 3. The molecule has 2 amide bonds. The van der Waals surface area contributed by atoms with Crippen LogP contribution >= 0.6 is 15.9 Å². The van der Waals surface area contributed by atoms with E-state index in [4.69, 9.17) is 4.74 Å². The molecule has 31 heavy (non-hydrogen) atoms. The molecule has 0 unspecified atom stereocenters. The van der Waals surface area contributed by atoms with Gasteiger partial charge < -0.3 is 4.74 Å². The van der Waals surface area contributed by atoms with Crippen LogP contribution in [0, 0.1) is 35.0 Å². The molecule has 1 heterocycles. The van der Waals surface area contributed by atoms with Crippen LogP contribution in [0.2, 0.25) is 0 Å². The minimum absolute atomic E-state index is 0.150. The molecule has 4 atom stereocenters. The average Bonchev–Trinajstić information content (AvgIpc) is 3.46. The van der Waals surface area contributed by atoms with Gasteiger partial charge in [0.15, 0.2) is 0 Å². The second-order valence-corrected chi connectivity index (χ2v) is 8.89. The Labute approximate surface area is 187 Å². The lowest BCUT2D eigenvalue weighted by Gasteiger charge is -2.13. The maximum absolute atomic E-state index is 12.8. The van der Waals surface area contributed by atoms with E-state index in [1.54, 1.807) is 18.2 Å². The number of benzene rings is 2. The fourth-order valence-electron chi connectivity index (χ4n) is 4.78. The third kappa shape index (κ3) is 3.37. The molecule has 0 radical (unpaired) electrons. The van der Waals surface area contributed by atoms with E-state index >= 15 is 0 Å². The Kier molecular flexibility index (Phi) is 4.95. The number of rotatable bonds is 5. The first-order valence-corrected chi connectivity index (χ1v) is 10.9. The molecular formula is C24H18BrN3O3. The third-order valence-corrected chi connectivity index (χ3v) is 6.75. The van der Waals surface area contributed by atoms with Gasteiger partial charge in [0.05, 0.1) is 29.7 Å². The Morgan fingerprint density at radius 3 is 2.55 bits per heavy atom. The van der Waals surface area contributed by atoms with Crippen LogP contribution in [0.3, 0.4) is 0 Å². The summed E-state index contributed by atoms with van der Waals surface area (Å²) >= 11 is 3.44. The molecular weight excluding hydrogens is 458 g/mol. The Balaban J connectivity index is 1.37. The van der Waals surface area contributed by atoms with Crippen LogP contribution in [0.1, 0.15) is 23.1 Å². The summed E-state index contributed by atoms with van der Waals surface area (Å²) in [5.74, 6) is -0.151. The van der Waals surface area contributed by atoms with Gasteiger partial charge in [-0.3, -0.25) is 9.59 Å². The van der Waals surface area contributed by atoms with Crippen LogP contribution in [0.5, 0.6) is 5.75 Å². The number of hydrogen-bond donors (Lipinski definition) is 0. The highest BCUT2D eigenvalue weighted by molar-refractivity contribution is 9.10. The smallest absolute Gasteiger partial charge is 0.254 e. The summed E-state index contributed by atoms with van der Waals surface area (Å²) in [7, 11) is 0. The molecule has 1 saturated heterocycles. The summed E-state index contributed by atoms with van der Waals surface area (Å²) < 4.78 is 6.76. The monoisotopic (exact) mass is 475 g/mol. The predicted molar refractivity (Wildman–Crippen MR) is 117 cm³/mol. The molecule has 5 rings (SSSR count). The van der Waals surface area contributed by atoms with Crippen molar-refractivity contribution in [3.8, 4) is 11.8 Å². The lowest BCUT2D eigenvalue weighted by atomic mass is 9.85. The third-order valence-electron chi connectivity index (χ3n) is 6.25. The maximum Gasteiger partial charge on any atom is 0.254 e. The summed E-state index contributed by atoms with van der Waals surface area (Å²) in [6.07, 6.45) is 6.49. The van der Waals surface area contributed by atoms with E-state index in [9.17, 15) is 14.9 Å². The summed E-state index contributed by atoms with van der Waals surface area (Å²) in [6, 6.07) is 14.8. The van der Waals surface area contributed by atoms with E-state index in [2.05, 4.69) is 39.3 Å². The Morgan fingerprint density at radius 2 is 1.84 bits per heavy atom. The summed E-state index contributed by atoms with van der Waals surface area (Å²) in [4.78, 5) is 25.7. The van der Waals surface area contributed by atoms with Crippen molar-refractivity contribution in [2.75, 3.05) is 0 Å². The zero-order valence-corrected chi connectivity index (χ0v) is 18.0. The van der Waals surface area contributed by atoms with Crippen molar-refractivity contribution < 1.29 is 14.3 Å². The van der Waals surface area contributed by atoms with E-state index in [1.807, 2.05) is 24.3 Å². The molecule has 7 heteroatoms. The normalized spacial score (nSPS) is 26.0. The number of amides is 2. The van der Waals surface area contributed by atoms with Gasteiger partial charge in [-0.05, 0) is 42.5 Å². The van der Waals surface area contributed by atoms with Crippen LogP contribution in [0.15, 0.2) is 64.2 Å². The number of carbonyl (C=O) groups excluding carboxylic acids is 2. The number of ether oxygens (including phenoxy) is 1. The van der Waals surface area contributed by atoms with Gasteiger partial charge in [0, 0.05) is 15.6 Å². The van der Waals surface area contributed by atoms with E-state index in [0.29, 0.717) is 16.9 Å². The molecule has 2 bridgehead atoms. The van der Waals surface area contributed by atoms with Crippen molar-refractivity contribution in [2.45, 2.75) is 13.0 Å². The molecule has 1 aliphatic heterocycles. The van der Waals surface area contributed by atoms with Gasteiger partial charge in [-0.1, -0.05) is 46.3 Å². The van der Waals surface area contributed by atoms with E-state index in [1.165, 1.54) is 6.21 Å². The van der Waals surface area contributed by atoms with Gasteiger partial charge in [0.2, 0.25) is 0 Å². The van der Waals surface area contributed by atoms with Crippen LogP contribution in [0.25, 0.3) is 0 Å². The van der Waals surface area contributed by atoms with Crippen LogP contribution in [0.4, 0.5) is 0 Å². The number of carbonyl (C=O) groups is 2. The van der Waals surface area contributed by atoms with Crippen LogP contribution in [-0.2, 0) is 16.2 Å². The molecule has 2 aromatic carbocycles. The fraction of sp³-hybridized carbons (Fsp3) is 0.250. The Morgan fingerprint density at radius 1 is 1.13 bits per heavy atom. The SMILES string of the molecule is N#Cc1ccccc1COc1ccc(Br)cc1C=NN1C(=O)[C@@H]2[C@H](C1=O)[C@H]1C=C[C@H]2C1. The van der Waals surface area contributed by atoms with E-state index in [0.717, 1.165) is 21.5 Å². The molecule has 3 aliphatic rings. The van der Waals surface area contributed by atoms with Crippen LogP contribution in [-0.4, -0.2) is 23.0 Å². The highest BCUT2D eigenvalue weighted by Crippen LogP contribution is 2.52. The standard InChI is InChI=1S/C24H18BrN3O3/c25-19-7-8-20(31-13-17-4-2-1-3-16(17)11-26)18(10-19)12-27-28-23(29)21-14-5-6-15(9-14)22(21)24(28)30/h1-8,10,12,14-15,21-22H,9,13H2/t14-,15-,21-,22+/m0/s1. The average molecular weight is 476 g/mol. The minimum Gasteiger partial charge on any atom is -0.488 e. The van der Waals surface area contributed by atoms with Crippen molar-refractivity contribution in [1.29, 1.82) is 5.26 Å². The zero-order valence-electron chi connectivity index (χ0n) is 16.4. The number of allylic oxidation sites excluding steroid dienone is 2. The number of imide groups is 1. The highest BCUT2D eigenvalue weighted by atomic mass is 79.9. The molecule has 2 aromatic rings. The second kappa shape index (κ2) is 7.78. The van der Waals surface area contributed by atoms with E-state index < -0.39 is 0 Å². The largest absolute Gasteiger partial charge is 0.488 e. The second-order valence-electron chi connectivity index (χ2n) is 7.97. The van der Waals surface area contributed by atoms with Gasteiger partial charge in [-0.2, -0.15) is 15.4 Å². The Hall–Kier alpha value is -3.24. The zero-order chi connectivity index (χ0) is 21.5. The molecule has 154 valence electrons. The molecule has 1 saturated carbocycles. The molecule has 0 aromatic heterocycles. The number of hydrazone groups is 1. The predicted octanol–water partition coefficient (Wildman–Crippen LogP) is 4.04. The molecule has 2 aliphatic carbocycles. The molecule has 0 N–H and O–H groups in total. The van der Waals surface area contributed by atoms with Crippen molar-refractivity contribution in [3.63, 3.8) is 0 Å². The first-order chi connectivity index (χ1) is 15.1. The maximum atomic E-state index is 12.8. The van der Waals surface area contributed by atoms with Gasteiger partial charge in [-0.15, -0.1) is 0 Å². The van der Waals surface area contributed by atoms with Gasteiger partial charge in [0.1, 0.15) is 12.4 Å². The quantitative estimate of drug-likeness (QED) is 0.371.